The summed E-state index contributed by atoms with van der Waals surface area (Å²) in [7, 11) is 1.52. The number of likely N-dealkylation sites (N-methyl/N-ethyl adjacent to an activating group) is 1. The molecule has 4 saturated heterocycles. The number of rotatable bonds is 2. The predicted molar refractivity (Wildman–Crippen MR) is 106 cm³/mol. The molecule has 158 valence electrons. The second kappa shape index (κ2) is 6.24. The zero-order valence-electron chi connectivity index (χ0n) is 16.3. The van der Waals surface area contributed by atoms with Crippen molar-refractivity contribution in [3.05, 3.63) is 27.7 Å². The predicted octanol–water partition coefficient (Wildman–Crippen LogP) is 3.10. The Morgan fingerprint density at radius 1 is 1.40 bits per heavy atom. The molecule has 1 spiro atoms. The quantitative estimate of drug-likeness (QED) is 0.740. The number of anilines is 1. The molecule has 30 heavy (non-hydrogen) atoms. The van der Waals surface area contributed by atoms with E-state index < -0.39 is 35.5 Å². The van der Waals surface area contributed by atoms with Crippen LogP contribution in [-0.4, -0.2) is 59.1 Å². The van der Waals surface area contributed by atoms with E-state index in [0.29, 0.717) is 25.1 Å². The fourth-order valence-electron chi connectivity index (χ4n) is 6.06. The van der Waals surface area contributed by atoms with Gasteiger partial charge in [0.05, 0.1) is 45.4 Å². The summed E-state index contributed by atoms with van der Waals surface area (Å²) in [5.41, 5.74) is -0.984. The van der Waals surface area contributed by atoms with Gasteiger partial charge in [0.1, 0.15) is 12.3 Å². The highest BCUT2D eigenvalue weighted by molar-refractivity contribution is 6.37. The number of fused-ring (bicyclic) bond motifs is 2. The molecule has 1 aromatic carbocycles. The minimum absolute atomic E-state index is 0.147. The fourth-order valence-corrected chi connectivity index (χ4v) is 6.62. The first-order valence-electron chi connectivity index (χ1n) is 9.64. The van der Waals surface area contributed by atoms with E-state index in [1.807, 2.05) is 13.0 Å². The van der Waals surface area contributed by atoms with Gasteiger partial charge in [0.25, 0.3) is 0 Å². The average molecular weight is 452 g/mol. The maximum absolute atomic E-state index is 13.7. The van der Waals surface area contributed by atoms with E-state index in [9.17, 15) is 20.0 Å². The van der Waals surface area contributed by atoms with Crippen LogP contribution in [0.4, 0.5) is 10.5 Å². The molecule has 2 bridgehead atoms. The summed E-state index contributed by atoms with van der Waals surface area (Å²) in [6.07, 6.45) is -0.500. The van der Waals surface area contributed by atoms with E-state index in [1.165, 1.54) is 11.9 Å². The summed E-state index contributed by atoms with van der Waals surface area (Å²) >= 11 is 12.5. The number of ether oxygens (including phenoxy) is 2. The van der Waals surface area contributed by atoms with Gasteiger partial charge < -0.3 is 19.5 Å². The molecule has 1 aromatic rings. The Labute approximate surface area is 182 Å². The number of hydrogen-bond donors (Lipinski definition) is 1. The van der Waals surface area contributed by atoms with Gasteiger partial charge in [0.15, 0.2) is 0 Å². The minimum Gasteiger partial charge on any atom is -0.465 e. The number of carbonyl (C=O) groups excluding carboxylic acids is 1. The molecular formula is C20H19Cl2N3O5. The van der Waals surface area contributed by atoms with E-state index in [0.717, 1.165) is 0 Å². The van der Waals surface area contributed by atoms with Gasteiger partial charge in [0.2, 0.25) is 5.91 Å². The number of carboxylic acid groups (broad SMARTS) is 1. The summed E-state index contributed by atoms with van der Waals surface area (Å²) in [5, 5.41) is 19.1. The zero-order chi connectivity index (χ0) is 21.6. The van der Waals surface area contributed by atoms with E-state index >= 15 is 0 Å². The number of nitriles is 1. The Balaban J connectivity index is 1.61. The molecule has 0 aromatic heterocycles. The Hall–Kier alpha value is -2.05. The highest BCUT2D eigenvalue weighted by Crippen LogP contribution is 2.66. The van der Waals surface area contributed by atoms with Crippen LogP contribution in [0.25, 0.3) is 0 Å². The Kier molecular flexibility index (Phi) is 4.13. The third kappa shape index (κ3) is 2.29. The normalized spacial score (nSPS) is 38.5. The Bertz CT molecular complexity index is 1010. The molecule has 4 aliphatic rings. The number of nitrogens with zero attached hydrogens (tertiary/aromatic N) is 3. The van der Waals surface area contributed by atoms with Gasteiger partial charge in [-0.05, 0) is 19.1 Å². The van der Waals surface area contributed by atoms with Gasteiger partial charge in [-0.2, -0.15) is 5.26 Å². The van der Waals surface area contributed by atoms with Crippen molar-refractivity contribution in [2.24, 2.45) is 11.8 Å². The van der Waals surface area contributed by atoms with Crippen LogP contribution >= 0.6 is 23.2 Å². The maximum atomic E-state index is 13.7. The van der Waals surface area contributed by atoms with Crippen LogP contribution < -0.4 is 4.90 Å². The van der Waals surface area contributed by atoms with Gasteiger partial charge >= 0.3 is 6.09 Å². The second-order valence-electron chi connectivity index (χ2n) is 8.58. The molecule has 0 aliphatic carbocycles. The van der Waals surface area contributed by atoms with Crippen LogP contribution in [0, 0.1) is 23.2 Å². The molecule has 6 atom stereocenters. The number of carbonyl (C=O) groups is 2. The van der Waals surface area contributed by atoms with Crippen LogP contribution in [0.5, 0.6) is 0 Å². The molecule has 8 nitrogen and oxygen atoms in total. The molecule has 4 aliphatic heterocycles. The topological polar surface area (TPSA) is 103 Å². The molecule has 2 amide bonds. The number of amides is 2. The van der Waals surface area contributed by atoms with Gasteiger partial charge in [-0.3, -0.25) is 9.69 Å². The first-order chi connectivity index (χ1) is 14.1. The van der Waals surface area contributed by atoms with Crippen molar-refractivity contribution < 1.29 is 24.2 Å². The van der Waals surface area contributed by atoms with E-state index in [1.54, 1.807) is 17.0 Å². The van der Waals surface area contributed by atoms with Crippen molar-refractivity contribution >= 4 is 40.9 Å². The average Bonchev–Trinajstić information content (AvgIpc) is 3.24. The van der Waals surface area contributed by atoms with E-state index in [2.05, 4.69) is 0 Å². The molecule has 0 saturated carbocycles. The van der Waals surface area contributed by atoms with Crippen molar-refractivity contribution in [2.45, 2.75) is 43.2 Å². The monoisotopic (exact) mass is 451 g/mol. The second-order valence-corrected chi connectivity index (χ2v) is 9.40. The van der Waals surface area contributed by atoms with E-state index in [4.69, 9.17) is 32.7 Å². The highest BCUT2D eigenvalue weighted by atomic mass is 35.5. The van der Waals surface area contributed by atoms with Gasteiger partial charge in [-0.25, -0.2) is 4.79 Å². The largest absolute Gasteiger partial charge is 0.465 e. The lowest BCUT2D eigenvalue weighted by atomic mass is 9.64. The van der Waals surface area contributed by atoms with Crippen molar-refractivity contribution in [1.29, 1.82) is 5.26 Å². The lowest BCUT2D eigenvalue weighted by Crippen LogP contribution is -2.58. The number of benzene rings is 1. The van der Waals surface area contributed by atoms with Crippen molar-refractivity contribution in [3.63, 3.8) is 0 Å². The van der Waals surface area contributed by atoms with Crippen LogP contribution in [-0.2, 0) is 14.3 Å². The summed E-state index contributed by atoms with van der Waals surface area (Å²) in [5.74, 6) is -0.997. The summed E-state index contributed by atoms with van der Waals surface area (Å²) in [4.78, 5) is 28.1. The first-order valence-corrected chi connectivity index (χ1v) is 10.4. The SMILES string of the molecule is CN(C(=O)O)[C@H]1C[C@@]23CCO[C@H]4[C@@H]2[C@H](C(=O)N4c2cc(Cl)c(C#N)c(Cl)c2)[C@]1(C)O3. The fraction of sp³-hybridized carbons (Fsp3) is 0.550. The highest BCUT2D eigenvalue weighted by Gasteiger charge is 2.78. The number of hydrogen-bond acceptors (Lipinski definition) is 5. The smallest absolute Gasteiger partial charge is 0.407 e. The summed E-state index contributed by atoms with van der Waals surface area (Å²) in [6.45, 7) is 2.21. The molecule has 10 heteroatoms. The van der Waals surface area contributed by atoms with Crippen LogP contribution in [0.2, 0.25) is 10.0 Å². The molecule has 4 heterocycles. The van der Waals surface area contributed by atoms with Gasteiger partial charge in [0, 0.05) is 31.5 Å². The lowest BCUT2D eigenvalue weighted by molar-refractivity contribution is -0.140. The lowest BCUT2D eigenvalue weighted by Gasteiger charge is -2.44. The Morgan fingerprint density at radius 2 is 2.07 bits per heavy atom. The minimum atomic E-state index is -1.05. The van der Waals surface area contributed by atoms with Crippen LogP contribution in [0.15, 0.2) is 12.1 Å². The first kappa shape index (κ1) is 19.9. The maximum Gasteiger partial charge on any atom is 0.407 e. The molecular weight excluding hydrogens is 433 g/mol. The molecule has 5 rings (SSSR count). The molecule has 4 fully saturated rings. The summed E-state index contributed by atoms with van der Waals surface area (Å²) in [6, 6.07) is 4.60. The third-order valence-electron chi connectivity index (χ3n) is 7.27. The van der Waals surface area contributed by atoms with Crippen molar-refractivity contribution in [3.8, 4) is 6.07 Å². The Morgan fingerprint density at radius 3 is 2.67 bits per heavy atom. The third-order valence-corrected chi connectivity index (χ3v) is 7.87. The van der Waals surface area contributed by atoms with Crippen LogP contribution in [0.3, 0.4) is 0 Å². The molecule has 0 unspecified atom stereocenters. The van der Waals surface area contributed by atoms with Gasteiger partial charge in [-0.15, -0.1) is 0 Å². The molecule has 0 radical (unpaired) electrons. The summed E-state index contributed by atoms with van der Waals surface area (Å²) < 4.78 is 12.5. The van der Waals surface area contributed by atoms with Crippen molar-refractivity contribution in [1.82, 2.24) is 4.90 Å². The molecule has 1 N–H and O–H groups in total. The van der Waals surface area contributed by atoms with Crippen molar-refractivity contribution in [2.75, 3.05) is 18.6 Å². The van der Waals surface area contributed by atoms with E-state index in [-0.39, 0.29) is 27.4 Å². The number of halogens is 2. The zero-order valence-corrected chi connectivity index (χ0v) is 17.8. The van der Waals surface area contributed by atoms with Crippen LogP contribution in [0.1, 0.15) is 25.3 Å². The standard InChI is InChI=1S/C20H19Cl2N3O5/c1-19-13(24(2)18(27)28)7-20(30-19)3-4-29-17-15(20)14(19)16(26)25(17)9-5-11(21)10(8-23)12(22)6-9/h5-6,13-15,17H,3-4,7H2,1-2H3,(H,27,28)/t13-,14+,15-,17-,19+,20-/m0/s1. The van der Waals surface area contributed by atoms with Gasteiger partial charge in [-0.1, -0.05) is 23.2 Å².